The lowest BCUT2D eigenvalue weighted by Gasteiger charge is -2.06. The van der Waals surface area contributed by atoms with Gasteiger partial charge in [-0.05, 0) is 53.4 Å². The van der Waals surface area contributed by atoms with Crippen molar-refractivity contribution in [2.24, 2.45) is 0 Å². The predicted octanol–water partition coefficient (Wildman–Crippen LogP) is 5.50. The van der Waals surface area contributed by atoms with Crippen molar-refractivity contribution in [2.45, 2.75) is 19.8 Å². The fourth-order valence-electron chi connectivity index (χ4n) is 2.40. The van der Waals surface area contributed by atoms with E-state index in [1.165, 1.54) is 16.9 Å². The molecule has 2 aromatic carbocycles. The van der Waals surface area contributed by atoms with E-state index in [0.717, 1.165) is 10.4 Å². The third kappa shape index (κ3) is 3.66. The lowest BCUT2D eigenvalue weighted by molar-refractivity contribution is 0.103. The minimum absolute atomic E-state index is 0.142. The van der Waals surface area contributed by atoms with Crippen molar-refractivity contribution < 1.29 is 9.90 Å². The number of anilines is 1. The first-order chi connectivity index (χ1) is 11.5. The van der Waals surface area contributed by atoms with Crippen LogP contribution < -0.4 is 5.32 Å². The van der Waals surface area contributed by atoms with Crippen LogP contribution in [-0.4, -0.2) is 11.0 Å². The molecule has 0 aliphatic rings. The number of carbonyl (C=O) groups excluding carboxylic acids is 1. The molecule has 0 bridgehead atoms. The van der Waals surface area contributed by atoms with Crippen molar-refractivity contribution in [2.75, 3.05) is 5.32 Å². The van der Waals surface area contributed by atoms with Crippen LogP contribution in [0.15, 0.2) is 60.7 Å². The minimum atomic E-state index is -0.142. The normalized spacial score (nSPS) is 10.8. The van der Waals surface area contributed by atoms with Gasteiger partial charge < -0.3 is 10.4 Å². The van der Waals surface area contributed by atoms with Gasteiger partial charge in [0.2, 0.25) is 0 Å². The molecule has 122 valence electrons. The lowest BCUT2D eigenvalue weighted by Crippen LogP contribution is -2.09. The van der Waals surface area contributed by atoms with Crippen LogP contribution in [0.5, 0.6) is 5.75 Å². The third-order valence-electron chi connectivity index (χ3n) is 3.79. The Kier molecular flexibility index (Phi) is 4.67. The average Bonchev–Trinajstić information content (AvgIpc) is 3.07. The molecule has 1 amide bonds. The summed E-state index contributed by atoms with van der Waals surface area (Å²) < 4.78 is 0. The Labute approximate surface area is 145 Å². The first kappa shape index (κ1) is 16.3. The molecule has 3 nitrogen and oxygen atoms in total. The molecule has 3 aromatic rings. The van der Waals surface area contributed by atoms with Gasteiger partial charge in [0.05, 0.1) is 4.88 Å². The zero-order chi connectivity index (χ0) is 17.1. The molecule has 0 aliphatic carbocycles. The van der Waals surface area contributed by atoms with E-state index in [2.05, 4.69) is 43.4 Å². The number of hydrogen-bond acceptors (Lipinski definition) is 3. The highest BCUT2D eigenvalue weighted by Gasteiger charge is 2.11. The van der Waals surface area contributed by atoms with E-state index < -0.39 is 0 Å². The van der Waals surface area contributed by atoms with E-state index >= 15 is 0 Å². The van der Waals surface area contributed by atoms with Crippen LogP contribution in [0.2, 0.25) is 0 Å². The van der Waals surface area contributed by atoms with Crippen LogP contribution in [-0.2, 0) is 0 Å². The molecular formula is C20H19NO2S. The van der Waals surface area contributed by atoms with Crippen molar-refractivity contribution >= 4 is 22.9 Å². The highest BCUT2D eigenvalue weighted by Crippen LogP contribution is 2.30. The Morgan fingerprint density at radius 3 is 2.50 bits per heavy atom. The van der Waals surface area contributed by atoms with Gasteiger partial charge in [0.25, 0.3) is 5.91 Å². The summed E-state index contributed by atoms with van der Waals surface area (Å²) in [6.45, 7) is 4.34. The Morgan fingerprint density at radius 1 is 1.04 bits per heavy atom. The summed E-state index contributed by atoms with van der Waals surface area (Å²) in [5, 5.41) is 12.1. The summed E-state index contributed by atoms with van der Waals surface area (Å²) in [7, 11) is 0. The van der Waals surface area contributed by atoms with Crippen molar-refractivity contribution in [3.63, 3.8) is 0 Å². The first-order valence-corrected chi connectivity index (χ1v) is 8.65. The number of carbonyl (C=O) groups is 1. The molecule has 1 heterocycles. The van der Waals surface area contributed by atoms with Gasteiger partial charge in [0, 0.05) is 10.6 Å². The summed E-state index contributed by atoms with van der Waals surface area (Å²) in [5.41, 5.74) is 3.08. The highest BCUT2D eigenvalue weighted by molar-refractivity contribution is 7.17. The number of thiophene rings is 1. The smallest absolute Gasteiger partial charge is 0.265 e. The van der Waals surface area contributed by atoms with Crippen LogP contribution in [0, 0.1) is 0 Å². The highest BCUT2D eigenvalue weighted by atomic mass is 32.1. The number of phenolic OH excluding ortho intramolecular Hbond substituents is 1. The summed E-state index contributed by atoms with van der Waals surface area (Å²) >= 11 is 1.48. The average molecular weight is 337 g/mol. The molecule has 0 spiro atoms. The minimum Gasteiger partial charge on any atom is -0.508 e. The van der Waals surface area contributed by atoms with E-state index in [9.17, 15) is 9.90 Å². The third-order valence-corrected chi connectivity index (χ3v) is 4.93. The second-order valence-electron chi connectivity index (χ2n) is 5.95. The fourth-order valence-corrected chi connectivity index (χ4v) is 3.30. The number of amides is 1. The molecule has 0 radical (unpaired) electrons. The summed E-state index contributed by atoms with van der Waals surface area (Å²) in [6.07, 6.45) is 0. The van der Waals surface area contributed by atoms with Gasteiger partial charge in [-0.15, -0.1) is 11.3 Å². The van der Waals surface area contributed by atoms with E-state index in [0.29, 0.717) is 16.5 Å². The second-order valence-corrected chi connectivity index (χ2v) is 7.03. The van der Waals surface area contributed by atoms with Gasteiger partial charge in [0.1, 0.15) is 5.75 Å². The second kappa shape index (κ2) is 6.89. The molecule has 24 heavy (non-hydrogen) atoms. The number of aromatic hydroxyl groups is 1. The van der Waals surface area contributed by atoms with Gasteiger partial charge in [-0.2, -0.15) is 0 Å². The first-order valence-electron chi connectivity index (χ1n) is 7.83. The fraction of sp³-hybridized carbons (Fsp3) is 0.150. The van der Waals surface area contributed by atoms with Crippen LogP contribution in [0.1, 0.15) is 35.0 Å². The van der Waals surface area contributed by atoms with Crippen molar-refractivity contribution in [3.05, 3.63) is 71.1 Å². The van der Waals surface area contributed by atoms with Crippen molar-refractivity contribution in [1.82, 2.24) is 0 Å². The van der Waals surface area contributed by atoms with E-state index in [4.69, 9.17) is 0 Å². The number of rotatable bonds is 4. The summed E-state index contributed by atoms with van der Waals surface area (Å²) in [6, 6.07) is 18.7. The van der Waals surface area contributed by atoms with Crippen molar-refractivity contribution in [3.8, 4) is 16.2 Å². The number of phenols is 1. The molecule has 2 N–H and O–H groups in total. The Morgan fingerprint density at radius 2 is 1.79 bits per heavy atom. The maximum atomic E-state index is 12.4. The molecule has 3 rings (SSSR count). The number of benzene rings is 2. The predicted molar refractivity (Wildman–Crippen MR) is 99.9 cm³/mol. The van der Waals surface area contributed by atoms with Gasteiger partial charge in [0.15, 0.2) is 0 Å². The van der Waals surface area contributed by atoms with E-state index in [1.54, 1.807) is 24.3 Å². The molecule has 0 aliphatic heterocycles. The Hall–Kier alpha value is -2.59. The van der Waals surface area contributed by atoms with Gasteiger partial charge in [-0.1, -0.05) is 38.1 Å². The monoisotopic (exact) mass is 337 g/mol. The van der Waals surface area contributed by atoms with Gasteiger partial charge in [-0.25, -0.2) is 0 Å². The summed E-state index contributed by atoms with van der Waals surface area (Å²) in [5.74, 6) is 0.510. The lowest BCUT2D eigenvalue weighted by atomic mass is 10.0. The molecule has 4 heteroatoms. The van der Waals surface area contributed by atoms with Gasteiger partial charge in [-0.3, -0.25) is 4.79 Å². The zero-order valence-corrected chi connectivity index (χ0v) is 14.4. The van der Waals surface area contributed by atoms with Crippen molar-refractivity contribution in [1.29, 1.82) is 0 Å². The quantitative estimate of drug-likeness (QED) is 0.618. The summed E-state index contributed by atoms with van der Waals surface area (Å²) in [4.78, 5) is 14.1. The molecule has 0 unspecified atom stereocenters. The van der Waals surface area contributed by atoms with Gasteiger partial charge >= 0.3 is 0 Å². The maximum Gasteiger partial charge on any atom is 0.265 e. The zero-order valence-electron chi connectivity index (χ0n) is 13.6. The van der Waals surface area contributed by atoms with E-state index in [1.807, 2.05) is 12.1 Å². The van der Waals surface area contributed by atoms with Crippen LogP contribution in [0.3, 0.4) is 0 Å². The topological polar surface area (TPSA) is 49.3 Å². The number of nitrogens with one attached hydrogen (secondary N) is 1. The van der Waals surface area contributed by atoms with Crippen LogP contribution >= 0.6 is 11.3 Å². The molecule has 0 fully saturated rings. The molecule has 0 saturated heterocycles. The maximum absolute atomic E-state index is 12.4. The largest absolute Gasteiger partial charge is 0.508 e. The van der Waals surface area contributed by atoms with Crippen LogP contribution in [0.25, 0.3) is 10.4 Å². The van der Waals surface area contributed by atoms with E-state index in [-0.39, 0.29) is 11.7 Å². The Bertz CT molecular complexity index is 850. The van der Waals surface area contributed by atoms with Crippen LogP contribution in [0.4, 0.5) is 5.69 Å². The standard InChI is InChI=1S/C20H19NO2S/c1-13(2)14-4-3-5-15(12-14)18-10-11-19(24-18)20(23)21-16-6-8-17(22)9-7-16/h3-13,22H,1-2H3,(H,21,23). The molecule has 0 saturated carbocycles. The molecule has 0 atom stereocenters. The Balaban J connectivity index is 1.78. The molecular weight excluding hydrogens is 318 g/mol. The molecule has 1 aromatic heterocycles. The number of hydrogen-bond donors (Lipinski definition) is 2. The SMILES string of the molecule is CC(C)c1cccc(-c2ccc(C(=O)Nc3ccc(O)cc3)s2)c1.